The molecule has 0 saturated carbocycles. The second-order valence-corrected chi connectivity index (χ2v) is 2.54. The highest BCUT2D eigenvalue weighted by Crippen LogP contribution is 2.17. The zero-order valence-electron chi connectivity index (χ0n) is 7.49. The summed E-state index contributed by atoms with van der Waals surface area (Å²) in [6, 6.07) is 1.72. The van der Waals surface area contributed by atoms with Gasteiger partial charge < -0.3 is 9.47 Å². The van der Waals surface area contributed by atoms with Crippen molar-refractivity contribution >= 4 is 12.4 Å². The molecule has 0 aliphatic heterocycles. The van der Waals surface area contributed by atoms with E-state index in [1.165, 1.54) is 6.92 Å². The largest absolute Gasteiger partial charge is 0.465 e. The lowest BCUT2D eigenvalue weighted by atomic mass is 9.94. The molecule has 5 nitrogen and oxygen atoms in total. The fourth-order valence-corrected chi connectivity index (χ4v) is 0.601. The number of hydrogen-bond donors (Lipinski definition) is 0. The van der Waals surface area contributed by atoms with Crippen molar-refractivity contribution in [3.8, 4) is 6.07 Å². The predicted molar refractivity (Wildman–Crippen MR) is 42.0 cm³/mol. The predicted octanol–water partition coefficient (Wildman–Crippen LogP) is 0.163. The van der Waals surface area contributed by atoms with Crippen LogP contribution in [0.3, 0.4) is 0 Å². The second-order valence-electron chi connectivity index (χ2n) is 2.54. The zero-order valence-corrected chi connectivity index (χ0v) is 7.49. The average molecular weight is 184 g/mol. The Labute approximate surface area is 76.2 Å². The average Bonchev–Trinajstić information content (AvgIpc) is 2.14. The normalized spacial score (nSPS) is 13.6. The molecule has 0 bridgehead atoms. The lowest BCUT2D eigenvalue weighted by molar-refractivity contribution is -0.152. The third-order valence-corrected chi connectivity index (χ3v) is 1.39. The Morgan fingerprint density at radius 1 is 1.62 bits per heavy atom. The van der Waals surface area contributed by atoms with E-state index in [1.807, 2.05) is 0 Å². The number of esters is 1. The van der Waals surface area contributed by atoms with E-state index in [0.717, 1.165) is 6.47 Å². The molecule has 0 aromatic heterocycles. The molecular weight excluding hydrogens is 174 g/mol. The molecule has 1 radical (unpaired) electrons. The van der Waals surface area contributed by atoms with Crippen LogP contribution in [0.1, 0.15) is 13.8 Å². The van der Waals surface area contributed by atoms with E-state index in [0.29, 0.717) is 0 Å². The Balaban J connectivity index is 4.35. The van der Waals surface area contributed by atoms with Gasteiger partial charge in [0.2, 0.25) is 0 Å². The Morgan fingerprint density at radius 3 is 2.62 bits per heavy atom. The Morgan fingerprint density at radius 2 is 2.23 bits per heavy atom. The van der Waals surface area contributed by atoms with E-state index in [9.17, 15) is 9.59 Å². The maximum absolute atomic E-state index is 11.1. The SMILES string of the molecule is CCOC(=O)C(C)(C#N)CO[C]=O. The van der Waals surface area contributed by atoms with Gasteiger partial charge in [0.25, 0.3) is 0 Å². The molecule has 71 valence electrons. The van der Waals surface area contributed by atoms with E-state index in [-0.39, 0.29) is 13.2 Å². The van der Waals surface area contributed by atoms with Gasteiger partial charge >= 0.3 is 12.4 Å². The Hall–Kier alpha value is -1.57. The molecule has 0 aliphatic carbocycles. The molecule has 0 amide bonds. The molecule has 0 aromatic rings. The quantitative estimate of drug-likeness (QED) is 0.569. The molecule has 5 heteroatoms. The lowest BCUT2D eigenvalue weighted by Crippen LogP contribution is -2.33. The van der Waals surface area contributed by atoms with Crippen molar-refractivity contribution in [2.45, 2.75) is 13.8 Å². The molecule has 0 N–H and O–H groups in total. The van der Waals surface area contributed by atoms with Crippen LogP contribution in [0.25, 0.3) is 0 Å². The van der Waals surface area contributed by atoms with E-state index in [1.54, 1.807) is 13.0 Å². The molecule has 0 heterocycles. The van der Waals surface area contributed by atoms with Crippen LogP contribution >= 0.6 is 0 Å². The fraction of sp³-hybridized carbons (Fsp3) is 0.625. The molecule has 1 atom stereocenters. The summed E-state index contributed by atoms with van der Waals surface area (Å²) < 4.78 is 8.85. The molecule has 0 aliphatic rings. The minimum Gasteiger partial charge on any atom is -0.465 e. The van der Waals surface area contributed by atoms with Gasteiger partial charge in [-0.2, -0.15) is 5.26 Å². The first-order valence-electron chi connectivity index (χ1n) is 3.68. The summed E-state index contributed by atoms with van der Waals surface area (Å²) >= 11 is 0. The smallest absolute Gasteiger partial charge is 0.417 e. The minimum atomic E-state index is -1.44. The highest BCUT2D eigenvalue weighted by Gasteiger charge is 2.36. The van der Waals surface area contributed by atoms with Crippen molar-refractivity contribution in [3.63, 3.8) is 0 Å². The standard InChI is InChI=1S/C8H10NO4/c1-3-13-7(11)8(2,4-9)5-12-6-10/h3,5H2,1-2H3. The van der Waals surface area contributed by atoms with Gasteiger partial charge in [0.15, 0.2) is 5.41 Å². The van der Waals surface area contributed by atoms with Crippen LogP contribution in [0.2, 0.25) is 0 Å². The molecular formula is C8H10NO4. The van der Waals surface area contributed by atoms with Gasteiger partial charge in [-0.3, -0.25) is 4.79 Å². The van der Waals surface area contributed by atoms with Gasteiger partial charge in [-0.05, 0) is 13.8 Å². The van der Waals surface area contributed by atoms with Crippen LogP contribution in [0.15, 0.2) is 0 Å². The van der Waals surface area contributed by atoms with Crippen LogP contribution in [-0.2, 0) is 19.1 Å². The van der Waals surface area contributed by atoms with Crippen LogP contribution in [-0.4, -0.2) is 25.7 Å². The van der Waals surface area contributed by atoms with E-state index >= 15 is 0 Å². The molecule has 13 heavy (non-hydrogen) atoms. The van der Waals surface area contributed by atoms with Gasteiger partial charge in [-0.1, -0.05) is 0 Å². The summed E-state index contributed by atoms with van der Waals surface area (Å²) in [7, 11) is 0. The maximum Gasteiger partial charge on any atom is 0.417 e. The van der Waals surface area contributed by atoms with E-state index in [4.69, 9.17) is 5.26 Å². The number of carbonyl (C=O) groups excluding carboxylic acids is 2. The number of rotatable bonds is 5. The van der Waals surface area contributed by atoms with E-state index < -0.39 is 11.4 Å². The fourth-order valence-electron chi connectivity index (χ4n) is 0.601. The number of carbonyl (C=O) groups is 1. The van der Waals surface area contributed by atoms with Crippen molar-refractivity contribution in [3.05, 3.63) is 0 Å². The number of ether oxygens (including phenoxy) is 2. The highest BCUT2D eigenvalue weighted by atomic mass is 16.5. The topological polar surface area (TPSA) is 76.4 Å². The van der Waals surface area contributed by atoms with Gasteiger partial charge in [-0.15, -0.1) is 0 Å². The van der Waals surface area contributed by atoms with Gasteiger partial charge in [0.1, 0.15) is 6.61 Å². The summed E-state index contributed by atoms with van der Waals surface area (Å²) in [5, 5.41) is 8.65. The summed E-state index contributed by atoms with van der Waals surface area (Å²) in [5.74, 6) is -0.701. The second kappa shape index (κ2) is 5.14. The monoisotopic (exact) mass is 184 g/mol. The number of nitrogens with zero attached hydrogens (tertiary/aromatic N) is 1. The lowest BCUT2D eigenvalue weighted by Gasteiger charge is -2.16. The molecule has 1 unspecified atom stereocenters. The van der Waals surface area contributed by atoms with Crippen LogP contribution in [0.4, 0.5) is 0 Å². The molecule has 0 aromatic carbocycles. The van der Waals surface area contributed by atoms with Crippen molar-refractivity contribution in [2.24, 2.45) is 5.41 Å². The molecule has 0 fully saturated rings. The summed E-state index contributed by atoms with van der Waals surface area (Å²) in [6.07, 6.45) is 0. The van der Waals surface area contributed by atoms with Crippen LogP contribution < -0.4 is 0 Å². The number of nitriles is 1. The first kappa shape index (κ1) is 11.4. The van der Waals surface area contributed by atoms with Crippen molar-refractivity contribution in [1.29, 1.82) is 5.26 Å². The van der Waals surface area contributed by atoms with E-state index in [2.05, 4.69) is 9.47 Å². The van der Waals surface area contributed by atoms with Gasteiger partial charge in [0.05, 0.1) is 12.7 Å². The molecule has 0 spiro atoms. The van der Waals surface area contributed by atoms with Crippen molar-refractivity contribution in [2.75, 3.05) is 13.2 Å². The minimum absolute atomic E-state index is 0.181. The summed E-state index contributed by atoms with van der Waals surface area (Å²) in [5.41, 5.74) is -1.44. The summed E-state index contributed by atoms with van der Waals surface area (Å²) in [4.78, 5) is 20.9. The molecule has 0 rings (SSSR count). The highest BCUT2D eigenvalue weighted by molar-refractivity contribution is 5.79. The van der Waals surface area contributed by atoms with Crippen LogP contribution in [0.5, 0.6) is 0 Å². The Bertz CT molecular complexity index is 233. The first-order chi connectivity index (χ1) is 6.10. The van der Waals surface area contributed by atoms with Crippen molar-refractivity contribution < 1.29 is 19.1 Å². The zero-order chi connectivity index (χ0) is 10.3. The van der Waals surface area contributed by atoms with Crippen LogP contribution in [0, 0.1) is 16.7 Å². The van der Waals surface area contributed by atoms with Crippen molar-refractivity contribution in [1.82, 2.24) is 0 Å². The third-order valence-electron chi connectivity index (χ3n) is 1.39. The van der Waals surface area contributed by atoms with Gasteiger partial charge in [0, 0.05) is 0 Å². The number of hydrogen-bond acceptors (Lipinski definition) is 5. The Kier molecular flexibility index (Phi) is 4.52. The van der Waals surface area contributed by atoms with Gasteiger partial charge in [-0.25, -0.2) is 4.79 Å². The maximum atomic E-state index is 11.1. The summed E-state index contributed by atoms with van der Waals surface area (Å²) in [6.45, 7) is 3.95. The molecule has 0 saturated heterocycles. The first-order valence-corrected chi connectivity index (χ1v) is 3.68. The third kappa shape index (κ3) is 3.11.